The Bertz CT molecular complexity index is 715. The number of aryl methyl sites for hydroxylation is 1. The minimum atomic E-state index is 0.994. The maximum atomic E-state index is 4.39. The molecule has 1 aliphatic carbocycles. The van der Waals surface area contributed by atoms with Gasteiger partial charge in [-0.05, 0) is 30.5 Å². The van der Waals surface area contributed by atoms with E-state index in [1.807, 2.05) is 22.9 Å². The van der Waals surface area contributed by atoms with Gasteiger partial charge in [-0.1, -0.05) is 47.7 Å². The molecule has 3 aromatic rings. The van der Waals surface area contributed by atoms with Crippen molar-refractivity contribution in [3.05, 3.63) is 65.9 Å². The minimum Gasteiger partial charge on any atom is -0.217 e. The highest BCUT2D eigenvalue weighted by Gasteiger charge is 2.22. The SMILES string of the molecule is c1ccc(-n2nnc3c2CCc2ccccc2-3)cc1. The smallest absolute Gasteiger partial charge is 0.116 e. The molecule has 0 amide bonds. The molecule has 0 atom stereocenters. The molecule has 2 aromatic carbocycles. The molecule has 92 valence electrons. The summed E-state index contributed by atoms with van der Waals surface area (Å²) < 4.78 is 1.96. The van der Waals surface area contributed by atoms with Crippen LogP contribution in [0.15, 0.2) is 54.6 Å². The van der Waals surface area contributed by atoms with E-state index in [2.05, 4.69) is 46.7 Å². The van der Waals surface area contributed by atoms with Gasteiger partial charge in [0.05, 0.1) is 11.4 Å². The van der Waals surface area contributed by atoms with Gasteiger partial charge in [0, 0.05) is 5.56 Å². The summed E-state index contributed by atoms with van der Waals surface area (Å²) in [4.78, 5) is 0. The van der Waals surface area contributed by atoms with Gasteiger partial charge in [0.25, 0.3) is 0 Å². The van der Waals surface area contributed by atoms with E-state index >= 15 is 0 Å². The lowest BCUT2D eigenvalue weighted by molar-refractivity contribution is 0.752. The van der Waals surface area contributed by atoms with Gasteiger partial charge in [-0.15, -0.1) is 5.10 Å². The van der Waals surface area contributed by atoms with Gasteiger partial charge < -0.3 is 0 Å². The molecular weight excluding hydrogens is 234 g/mol. The molecule has 0 saturated carbocycles. The number of nitrogens with zero attached hydrogens (tertiary/aromatic N) is 3. The third-order valence-electron chi connectivity index (χ3n) is 3.67. The third-order valence-corrected chi connectivity index (χ3v) is 3.67. The first kappa shape index (κ1) is 10.5. The second kappa shape index (κ2) is 4.05. The zero-order chi connectivity index (χ0) is 12.7. The number of hydrogen-bond donors (Lipinski definition) is 0. The normalized spacial score (nSPS) is 12.8. The molecule has 0 bridgehead atoms. The summed E-state index contributed by atoms with van der Waals surface area (Å²) in [7, 11) is 0. The van der Waals surface area contributed by atoms with Gasteiger partial charge in [-0.3, -0.25) is 0 Å². The minimum absolute atomic E-state index is 0.994. The van der Waals surface area contributed by atoms with Crippen molar-refractivity contribution < 1.29 is 0 Å². The Morgan fingerprint density at radius 3 is 2.53 bits per heavy atom. The number of aromatic nitrogens is 3. The average Bonchev–Trinajstić information content (AvgIpc) is 2.92. The highest BCUT2D eigenvalue weighted by Crippen LogP contribution is 2.32. The average molecular weight is 247 g/mol. The van der Waals surface area contributed by atoms with Gasteiger partial charge in [0.1, 0.15) is 5.69 Å². The molecule has 3 nitrogen and oxygen atoms in total. The first-order valence-electron chi connectivity index (χ1n) is 6.52. The van der Waals surface area contributed by atoms with Crippen molar-refractivity contribution >= 4 is 0 Å². The summed E-state index contributed by atoms with van der Waals surface area (Å²) in [5.74, 6) is 0. The van der Waals surface area contributed by atoms with Crippen molar-refractivity contribution in [3.8, 4) is 16.9 Å². The second-order valence-electron chi connectivity index (χ2n) is 4.79. The molecule has 1 heterocycles. The number of para-hydroxylation sites is 1. The van der Waals surface area contributed by atoms with Crippen LogP contribution in [0, 0.1) is 0 Å². The topological polar surface area (TPSA) is 30.7 Å². The predicted octanol–water partition coefficient (Wildman–Crippen LogP) is 3.03. The van der Waals surface area contributed by atoms with Crippen molar-refractivity contribution in [2.75, 3.05) is 0 Å². The molecule has 0 aliphatic heterocycles. The molecule has 0 unspecified atom stereocenters. The van der Waals surface area contributed by atoms with Crippen molar-refractivity contribution in [1.82, 2.24) is 15.0 Å². The Kier molecular flexibility index (Phi) is 2.24. The third kappa shape index (κ3) is 1.58. The quantitative estimate of drug-likeness (QED) is 0.661. The summed E-state index contributed by atoms with van der Waals surface area (Å²) >= 11 is 0. The molecule has 0 fully saturated rings. The van der Waals surface area contributed by atoms with Crippen LogP contribution in [0.25, 0.3) is 16.9 Å². The summed E-state index contributed by atoms with van der Waals surface area (Å²) in [5, 5.41) is 8.72. The van der Waals surface area contributed by atoms with Crippen LogP contribution in [0.2, 0.25) is 0 Å². The van der Waals surface area contributed by atoms with Gasteiger partial charge in [0.2, 0.25) is 0 Å². The zero-order valence-electron chi connectivity index (χ0n) is 10.5. The first-order chi connectivity index (χ1) is 9.43. The number of benzene rings is 2. The van der Waals surface area contributed by atoms with E-state index in [0.29, 0.717) is 0 Å². The van der Waals surface area contributed by atoms with E-state index < -0.39 is 0 Å². The monoisotopic (exact) mass is 247 g/mol. The largest absolute Gasteiger partial charge is 0.217 e. The van der Waals surface area contributed by atoms with Crippen LogP contribution in [0.1, 0.15) is 11.3 Å². The van der Waals surface area contributed by atoms with Crippen molar-refractivity contribution in [2.45, 2.75) is 12.8 Å². The highest BCUT2D eigenvalue weighted by atomic mass is 15.4. The fraction of sp³-hybridized carbons (Fsp3) is 0.125. The Morgan fingerprint density at radius 1 is 0.842 bits per heavy atom. The lowest BCUT2D eigenvalue weighted by Crippen LogP contribution is -2.08. The number of fused-ring (bicyclic) bond motifs is 3. The predicted molar refractivity (Wildman–Crippen MR) is 74.2 cm³/mol. The molecule has 0 spiro atoms. The fourth-order valence-corrected chi connectivity index (χ4v) is 2.73. The Hall–Kier alpha value is -2.42. The maximum Gasteiger partial charge on any atom is 0.116 e. The van der Waals surface area contributed by atoms with E-state index in [0.717, 1.165) is 24.2 Å². The summed E-state index contributed by atoms with van der Waals surface area (Å²) in [5.41, 5.74) is 5.92. The Labute approximate surface area is 111 Å². The summed E-state index contributed by atoms with van der Waals surface area (Å²) in [6, 6.07) is 18.7. The van der Waals surface area contributed by atoms with Gasteiger partial charge in [0.15, 0.2) is 0 Å². The van der Waals surface area contributed by atoms with E-state index in [-0.39, 0.29) is 0 Å². The standard InChI is InChI=1S/C16H13N3/c1-2-7-13(8-3-1)19-15-11-10-12-6-4-5-9-14(12)16(15)17-18-19/h1-9H,10-11H2. The lowest BCUT2D eigenvalue weighted by Gasteiger charge is -2.15. The van der Waals surface area contributed by atoms with E-state index in [4.69, 9.17) is 0 Å². The molecule has 0 radical (unpaired) electrons. The van der Waals surface area contributed by atoms with E-state index in [1.54, 1.807) is 0 Å². The molecule has 0 saturated heterocycles. The second-order valence-corrected chi connectivity index (χ2v) is 4.79. The Morgan fingerprint density at radius 2 is 1.63 bits per heavy atom. The Balaban J connectivity index is 1.91. The molecule has 3 heteroatoms. The van der Waals surface area contributed by atoms with Crippen LogP contribution in [0.5, 0.6) is 0 Å². The number of rotatable bonds is 1. The molecular formula is C16H13N3. The lowest BCUT2D eigenvalue weighted by atomic mass is 9.92. The fourth-order valence-electron chi connectivity index (χ4n) is 2.73. The van der Waals surface area contributed by atoms with Crippen LogP contribution >= 0.6 is 0 Å². The molecule has 0 N–H and O–H groups in total. The van der Waals surface area contributed by atoms with Crippen molar-refractivity contribution in [3.63, 3.8) is 0 Å². The highest BCUT2D eigenvalue weighted by molar-refractivity contribution is 5.68. The van der Waals surface area contributed by atoms with Gasteiger partial charge in [-0.2, -0.15) is 0 Å². The summed E-state index contributed by atoms with van der Waals surface area (Å²) in [6.45, 7) is 0. The first-order valence-corrected chi connectivity index (χ1v) is 6.52. The van der Waals surface area contributed by atoms with Crippen LogP contribution in [-0.2, 0) is 12.8 Å². The summed E-state index contributed by atoms with van der Waals surface area (Å²) in [6.07, 6.45) is 2.05. The maximum absolute atomic E-state index is 4.39. The zero-order valence-corrected chi connectivity index (χ0v) is 10.5. The van der Waals surface area contributed by atoms with Crippen LogP contribution in [0.4, 0.5) is 0 Å². The molecule has 4 rings (SSSR count). The van der Waals surface area contributed by atoms with Crippen LogP contribution in [-0.4, -0.2) is 15.0 Å². The number of hydrogen-bond acceptors (Lipinski definition) is 2. The molecule has 1 aliphatic rings. The van der Waals surface area contributed by atoms with Crippen LogP contribution in [0.3, 0.4) is 0 Å². The molecule has 1 aromatic heterocycles. The van der Waals surface area contributed by atoms with E-state index in [1.165, 1.54) is 16.8 Å². The van der Waals surface area contributed by atoms with E-state index in [9.17, 15) is 0 Å². The van der Waals surface area contributed by atoms with Gasteiger partial charge in [-0.25, -0.2) is 4.68 Å². The van der Waals surface area contributed by atoms with Crippen LogP contribution < -0.4 is 0 Å². The van der Waals surface area contributed by atoms with Crippen molar-refractivity contribution in [1.29, 1.82) is 0 Å². The van der Waals surface area contributed by atoms with Crippen molar-refractivity contribution in [2.24, 2.45) is 0 Å². The van der Waals surface area contributed by atoms with Gasteiger partial charge >= 0.3 is 0 Å². The molecule has 19 heavy (non-hydrogen) atoms.